The van der Waals surface area contributed by atoms with E-state index in [0.29, 0.717) is 10.2 Å². The first-order valence-electron chi connectivity index (χ1n) is 5.83. The smallest absolute Gasteiger partial charge is 0.263 e. The van der Waals surface area contributed by atoms with Crippen molar-refractivity contribution >= 4 is 45.1 Å². The molecule has 0 saturated heterocycles. The van der Waals surface area contributed by atoms with E-state index in [0.717, 1.165) is 16.3 Å². The first-order valence-corrected chi connectivity index (χ1v) is 8.00. The van der Waals surface area contributed by atoms with Crippen LogP contribution in [0.25, 0.3) is 10.2 Å². The van der Waals surface area contributed by atoms with Crippen LogP contribution < -0.4 is 5.56 Å². The van der Waals surface area contributed by atoms with Crippen molar-refractivity contribution in [2.45, 2.75) is 19.4 Å². The van der Waals surface area contributed by atoms with Crippen molar-refractivity contribution in [1.29, 1.82) is 0 Å². The van der Waals surface area contributed by atoms with Crippen molar-refractivity contribution in [3.8, 4) is 0 Å². The largest absolute Gasteiger partial charge is 0.323 e. The highest BCUT2D eigenvalue weighted by molar-refractivity contribution is 7.71. The fourth-order valence-electron chi connectivity index (χ4n) is 2.10. The van der Waals surface area contributed by atoms with Gasteiger partial charge in [-0.3, -0.25) is 9.36 Å². The third-order valence-corrected chi connectivity index (χ3v) is 4.99. The summed E-state index contributed by atoms with van der Waals surface area (Å²) in [7, 11) is 0. The number of nitrogens with one attached hydrogen (secondary N) is 1. The second-order valence-electron chi connectivity index (χ2n) is 4.06. The summed E-state index contributed by atoms with van der Waals surface area (Å²) in [5.41, 5.74) is -0.0398. The number of hydrogen-bond donors (Lipinski definition) is 1. The van der Waals surface area contributed by atoms with Gasteiger partial charge in [0, 0.05) is 11.6 Å². The van der Waals surface area contributed by atoms with Crippen molar-refractivity contribution < 1.29 is 0 Å². The van der Waals surface area contributed by atoms with Gasteiger partial charge in [0.2, 0.25) is 0 Å². The number of thiazole rings is 1. The first-order chi connectivity index (χ1) is 9.22. The van der Waals surface area contributed by atoms with Gasteiger partial charge in [-0.2, -0.15) is 0 Å². The molecule has 0 aliphatic carbocycles. The van der Waals surface area contributed by atoms with Crippen LogP contribution in [0.15, 0.2) is 27.8 Å². The van der Waals surface area contributed by atoms with E-state index in [-0.39, 0.29) is 11.6 Å². The van der Waals surface area contributed by atoms with Gasteiger partial charge in [-0.1, -0.05) is 6.92 Å². The van der Waals surface area contributed by atoms with Gasteiger partial charge in [-0.15, -0.1) is 22.7 Å². The molecule has 7 heteroatoms. The highest BCUT2D eigenvalue weighted by Gasteiger charge is 2.18. The summed E-state index contributed by atoms with van der Waals surface area (Å²) in [4.78, 5) is 20.8. The van der Waals surface area contributed by atoms with Gasteiger partial charge >= 0.3 is 0 Å². The van der Waals surface area contributed by atoms with E-state index in [9.17, 15) is 4.79 Å². The third kappa shape index (κ3) is 2.07. The maximum atomic E-state index is 12.6. The van der Waals surface area contributed by atoms with Crippen molar-refractivity contribution in [3.05, 3.63) is 43.2 Å². The Morgan fingerprint density at radius 2 is 2.32 bits per heavy atom. The maximum absolute atomic E-state index is 12.6. The molecule has 1 N–H and O–H groups in total. The molecular weight excluding hydrogens is 298 g/mol. The Balaban J connectivity index is 2.29. The maximum Gasteiger partial charge on any atom is 0.263 e. The van der Waals surface area contributed by atoms with Gasteiger partial charge in [-0.05, 0) is 30.1 Å². The first kappa shape index (κ1) is 12.7. The highest BCUT2D eigenvalue weighted by atomic mass is 32.1. The minimum absolute atomic E-state index is 0.0398. The molecule has 0 amide bonds. The average Bonchev–Trinajstić information content (AvgIpc) is 3.04. The van der Waals surface area contributed by atoms with Crippen LogP contribution in [0.3, 0.4) is 0 Å². The fraction of sp³-hybridized carbons (Fsp3) is 0.250. The Hall–Kier alpha value is -1.31. The Kier molecular flexibility index (Phi) is 3.34. The predicted octanol–water partition coefficient (Wildman–Crippen LogP) is 3.58. The molecule has 3 heterocycles. The average molecular weight is 309 g/mol. The van der Waals surface area contributed by atoms with Gasteiger partial charge in [0.15, 0.2) is 4.77 Å². The van der Waals surface area contributed by atoms with Crippen LogP contribution in [0.2, 0.25) is 0 Å². The van der Waals surface area contributed by atoms with E-state index in [1.807, 2.05) is 23.8 Å². The van der Waals surface area contributed by atoms with Gasteiger partial charge < -0.3 is 4.98 Å². The molecular formula is C12H11N3OS3. The van der Waals surface area contributed by atoms with E-state index in [1.165, 1.54) is 11.3 Å². The number of thiophene rings is 1. The van der Waals surface area contributed by atoms with E-state index in [4.69, 9.17) is 12.2 Å². The predicted molar refractivity (Wildman–Crippen MR) is 81.8 cm³/mol. The van der Waals surface area contributed by atoms with Crippen molar-refractivity contribution in [2.24, 2.45) is 0 Å². The molecule has 3 rings (SSSR count). The van der Waals surface area contributed by atoms with Gasteiger partial charge in [-0.25, -0.2) is 4.98 Å². The number of nitrogens with zero attached hydrogens (tertiary/aromatic N) is 2. The Morgan fingerprint density at radius 3 is 3.00 bits per heavy atom. The van der Waals surface area contributed by atoms with Crippen LogP contribution >= 0.6 is 34.9 Å². The Labute approximate surface area is 122 Å². The second kappa shape index (κ2) is 4.99. The second-order valence-corrected chi connectivity index (χ2v) is 6.29. The molecule has 3 aromatic rings. The van der Waals surface area contributed by atoms with E-state index in [1.54, 1.807) is 22.1 Å². The number of hydrogen-bond acceptors (Lipinski definition) is 5. The van der Waals surface area contributed by atoms with Crippen molar-refractivity contribution in [3.63, 3.8) is 0 Å². The molecule has 0 saturated carbocycles. The summed E-state index contributed by atoms with van der Waals surface area (Å²) in [6.07, 6.45) is 2.53. The van der Waals surface area contributed by atoms with Gasteiger partial charge in [0.25, 0.3) is 5.56 Å². The van der Waals surface area contributed by atoms with Crippen LogP contribution in [0.4, 0.5) is 0 Å². The molecule has 4 nitrogen and oxygen atoms in total. The molecule has 19 heavy (non-hydrogen) atoms. The Morgan fingerprint density at radius 1 is 1.47 bits per heavy atom. The molecule has 0 fully saturated rings. The summed E-state index contributed by atoms with van der Waals surface area (Å²) in [5, 5.41) is 5.41. The molecule has 1 atom stereocenters. The SMILES string of the molecule is CCC(c1nccs1)n1c(=S)[nH]c2sccc2c1=O. The number of fused-ring (bicyclic) bond motifs is 1. The topological polar surface area (TPSA) is 50.7 Å². The standard InChI is InChI=1S/C12H11N3OS3/c1-2-8(10-13-4-6-19-10)15-11(16)7-3-5-18-9(7)14-12(15)17/h3-6,8H,2H2,1H3,(H,14,17). The lowest BCUT2D eigenvalue weighted by Crippen LogP contribution is -2.26. The fourth-order valence-corrected chi connectivity index (χ4v) is 4.07. The normalized spacial score (nSPS) is 12.9. The third-order valence-electron chi connectivity index (χ3n) is 2.99. The summed E-state index contributed by atoms with van der Waals surface area (Å²) in [6.45, 7) is 2.03. The molecule has 0 bridgehead atoms. The van der Waals surface area contributed by atoms with Crippen molar-refractivity contribution in [2.75, 3.05) is 0 Å². The van der Waals surface area contributed by atoms with Gasteiger partial charge in [0.05, 0.1) is 11.4 Å². The molecule has 3 aromatic heterocycles. The Bertz CT molecular complexity index is 813. The molecule has 0 aromatic carbocycles. The number of aromatic amines is 1. The molecule has 1 unspecified atom stereocenters. The molecule has 0 spiro atoms. The number of H-pyrrole nitrogens is 1. The van der Waals surface area contributed by atoms with Crippen molar-refractivity contribution in [1.82, 2.24) is 14.5 Å². The zero-order chi connectivity index (χ0) is 13.4. The molecule has 0 radical (unpaired) electrons. The van der Waals surface area contributed by atoms with Gasteiger partial charge in [0.1, 0.15) is 9.84 Å². The van der Waals surface area contributed by atoms with Crippen LogP contribution in [0.1, 0.15) is 24.4 Å². The quantitative estimate of drug-likeness (QED) is 0.752. The van der Waals surface area contributed by atoms with Crippen LogP contribution in [-0.4, -0.2) is 14.5 Å². The lowest BCUT2D eigenvalue weighted by Gasteiger charge is -2.15. The molecule has 0 aliphatic heterocycles. The van der Waals surface area contributed by atoms with Crippen LogP contribution in [0.5, 0.6) is 0 Å². The summed E-state index contributed by atoms with van der Waals surface area (Å²) >= 11 is 8.38. The lowest BCUT2D eigenvalue weighted by atomic mass is 10.2. The summed E-state index contributed by atoms with van der Waals surface area (Å²) < 4.78 is 2.10. The molecule has 98 valence electrons. The molecule has 0 aliphatic rings. The number of aromatic nitrogens is 3. The zero-order valence-electron chi connectivity index (χ0n) is 10.1. The minimum atomic E-state index is -0.0967. The van der Waals surface area contributed by atoms with Crippen LogP contribution in [-0.2, 0) is 0 Å². The van der Waals surface area contributed by atoms with Crippen LogP contribution in [0, 0.1) is 4.77 Å². The highest BCUT2D eigenvalue weighted by Crippen LogP contribution is 2.24. The minimum Gasteiger partial charge on any atom is -0.323 e. The summed E-state index contributed by atoms with van der Waals surface area (Å²) in [5.74, 6) is 0. The lowest BCUT2D eigenvalue weighted by molar-refractivity contribution is 0.535. The van der Waals surface area contributed by atoms with E-state index < -0.39 is 0 Å². The zero-order valence-corrected chi connectivity index (χ0v) is 12.6. The summed E-state index contributed by atoms with van der Waals surface area (Å²) in [6, 6.07) is 1.74. The van der Waals surface area contributed by atoms with E-state index >= 15 is 0 Å². The monoisotopic (exact) mass is 309 g/mol. The number of rotatable bonds is 3. The van der Waals surface area contributed by atoms with E-state index in [2.05, 4.69) is 9.97 Å².